The number of likely N-dealkylation sites (tertiary alicyclic amines) is 1. The first kappa shape index (κ1) is 28.7. The lowest BCUT2D eigenvalue weighted by atomic mass is 9.99. The Morgan fingerprint density at radius 3 is 2.40 bits per heavy atom. The summed E-state index contributed by atoms with van der Waals surface area (Å²) in [6.07, 6.45) is 6.16. The SMILES string of the molecule is CCCCC(CC)CNC(=NCC(=O)N(C)C)NC1CCN(C(=O)OCC)CC1.I. The van der Waals surface area contributed by atoms with Crippen LogP contribution in [0.1, 0.15) is 59.3 Å². The van der Waals surface area contributed by atoms with E-state index in [1.807, 2.05) is 6.92 Å². The number of unbranched alkanes of at least 4 members (excludes halogenated alkanes) is 1. The summed E-state index contributed by atoms with van der Waals surface area (Å²) in [5, 5.41) is 6.91. The van der Waals surface area contributed by atoms with Gasteiger partial charge in [0.05, 0.1) is 6.61 Å². The van der Waals surface area contributed by atoms with Crippen LogP contribution in [0, 0.1) is 5.92 Å². The topological polar surface area (TPSA) is 86.3 Å². The summed E-state index contributed by atoms with van der Waals surface area (Å²) < 4.78 is 5.08. The minimum Gasteiger partial charge on any atom is -0.450 e. The smallest absolute Gasteiger partial charge is 0.409 e. The number of ether oxygens (including phenoxy) is 1. The number of aliphatic imine (C=N–C) groups is 1. The van der Waals surface area contributed by atoms with Crippen molar-refractivity contribution in [3.8, 4) is 0 Å². The highest BCUT2D eigenvalue weighted by Crippen LogP contribution is 2.13. The van der Waals surface area contributed by atoms with Crippen LogP contribution in [0.3, 0.4) is 0 Å². The Kier molecular flexibility index (Phi) is 15.7. The number of halogens is 1. The Morgan fingerprint density at radius 2 is 1.87 bits per heavy atom. The number of likely N-dealkylation sites (N-methyl/N-ethyl adjacent to an activating group) is 1. The van der Waals surface area contributed by atoms with Crippen molar-refractivity contribution in [1.29, 1.82) is 0 Å². The molecular weight excluding hydrogens is 497 g/mol. The summed E-state index contributed by atoms with van der Waals surface area (Å²) in [5.41, 5.74) is 0. The van der Waals surface area contributed by atoms with Crippen molar-refractivity contribution in [3.63, 3.8) is 0 Å². The molecule has 176 valence electrons. The van der Waals surface area contributed by atoms with Crippen LogP contribution in [-0.2, 0) is 9.53 Å². The van der Waals surface area contributed by atoms with Gasteiger partial charge in [-0.1, -0.05) is 33.1 Å². The first-order chi connectivity index (χ1) is 13.9. The second-order valence-electron chi connectivity index (χ2n) is 7.85. The molecule has 0 saturated carbocycles. The van der Waals surface area contributed by atoms with Crippen LogP contribution in [-0.4, -0.2) is 80.7 Å². The van der Waals surface area contributed by atoms with Crippen LogP contribution in [0.4, 0.5) is 4.79 Å². The van der Waals surface area contributed by atoms with Crippen molar-refractivity contribution >= 4 is 41.9 Å². The van der Waals surface area contributed by atoms with E-state index >= 15 is 0 Å². The van der Waals surface area contributed by atoms with Gasteiger partial charge in [0.2, 0.25) is 5.91 Å². The number of carbonyl (C=O) groups excluding carboxylic acids is 2. The lowest BCUT2D eigenvalue weighted by Crippen LogP contribution is -2.50. The van der Waals surface area contributed by atoms with Crippen molar-refractivity contribution in [1.82, 2.24) is 20.4 Å². The third kappa shape index (κ3) is 11.2. The van der Waals surface area contributed by atoms with Crippen LogP contribution in [0.15, 0.2) is 4.99 Å². The summed E-state index contributed by atoms with van der Waals surface area (Å²) >= 11 is 0. The fraction of sp³-hybridized carbons (Fsp3) is 0.857. The number of nitrogens with one attached hydrogen (secondary N) is 2. The minimum atomic E-state index is -0.240. The molecule has 0 radical (unpaired) electrons. The van der Waals surface area contributed by atoms with Gasteiger partial charge in [0, 0.05) is 39.8 Å². The predicted molar refractivity (Wildman–Crippen MR) is 132 cm³/mol. The third-order valence-electron chi connectivity index (χ3n) is 5.33. The molecule has 1 aliphatic rings. The summed E-state index contributed by atoms with van der Waals surface area (Å²) in [4.78, 5) is 31.6. The van der Waals surface area contributed by atoms with E-state index in [0.717, 1.165) is 25.8 Å². The maximum atomic E-state index is 12.0. The molecule has 30 heavy (non-hydrogen) atoms. The van der Waals surface area contributed by atoms with Gasteiger partial charge >= 0.3 is 6.09 Å². The summed E-state index contributed by atoms with van der Waals surface area (Å²) in [7, 11) is 3.47. The van der Waals surface area contributed by atoms with E-state index in [2.05, 4.69) is 29.5 Å². The van der Waals surface area contributed by atoms with E-state index in [1.165, 1.54) is 19.3 Å². The number of hydrogen-bond acceptors (Lipinski definition) is 4. The van der Waals surface area contributed by atoms with Gasteiger partial charge in [-0.05, 0) is 32.1 Å². The molecule has 9 heteroatoms. The van der Waals surface area contributed by atoms with Gasteiger partial charge < -0.3 is 25.2 Å². The van der Waals surface area contributed by atoms with Crippen molar-refractivity contribution in [2.45, 2.75) is 65.3 Å². The predicted octanol–water partition coefficient (Wildman–Crippen LogP) is 3.07. The monoisotopic (exact) mass is 539 g/mol. The van der Waals surface area contributed by atoms with Crippen molar-refractivity contribution in [2.75, 3.05) is 46.9 Å². The van der Waals surface area contributed by atoms with Gasteiger partial charge in [0.25, 0.3) is 0 Å². The molecule has 0 aromatic carbocycles. The first-order valence-corrected chi connectivity index (χ1v) is 11.1. The fourth-order valence-electron chi connectivity index (χ4n) is 3.24. The lowest BCUT2D eigenvalue weighted by Gasteiger charge is -2.32. The minimum absolute atomic E-state index is 0. The molecule has 8 nitrogen and oxygen atoms in total. The number of rotatable bonds is 10. The van der Waals surface area contributed by atoms with Gasteiger partial charge in [0.1, 0.15) is 6.54 Å². The number of hydrogen-bond donors (Lipinski definition) is 2. The highest BCUT2D eigenvalue weighted by atomic mass is 127. The van der Waals surface area contributed by atoms with Crippen LogP contribution >= 0.6 is 24.0 Å². The van der Waals surface area contributed by atoms with E-state index in [1.54, 1.807) is 23.9 Å². The summed E-state index contributed by atoms with van der Waals surface area (Å²) in [6, 6.07) is 0.220. The van der Waals surface area contributed by atoms with Crippen LogP contribution in [0.2, 0.25) is 0 Å². The molecule has 1 saturated heterocycles. The number of amides is 2. The van der Waals surface area contributed by atoms with E-state index in [4.69, 9.17) is 4.74 Å². The van der Waals surface area contributed by atoms with E-state index < -0.39 is 0 Å². The molecule has 0 aliphatic carbocycles. The fourth-order valence-corrected chi connectivity index (χ4v) is 3.24. The maximum Gasteiger partial charge on any atom is 0.409 e. The molecule has 1 unspecified atom stereocenters. The molecule has 1 fully saturated rings. The molecule has 0 aromatic rings. The molecule has 1 rings (SSSR count). The van der Waals surface area contributed by atoms with Gasteiger partial charge in [-0.25, -0.2) is 9.79 Å². The Labute approximate surface area is 199 Å². The van der Waals surface area contributed by atoms with Crippen molar-refractivity contribution < 1.29 is 14.3 Å². The maximum absolute atomic E-state index is 12.0. The van der Waals surface area contributed by atoms with E-state index in [9.17, 15) is 9.59 Å². The molecular formula is C21H42IN5O3. The van der Waals surface area contributed by atoms with Gasteiger partial charge in [-0.15, -0.1) is 24.0 Å². The number of nitrogens with zero attached hydrogens (tertiary/aromatic N) is 3. The zero-order chi connectivity index (χ0) is 21.6. The Hall–Kier alpha value is -1.26. The zero-order valence-corrected chi connectivity index (χ0v) is 21.7. The van der Waals surface area contributed by atoms with Gasteiger partial charge in [-0.3, -0.25) is 4.79 Å². The van der Waals surface area contributed by atoms with Crippen molar-refractivity contribution in [3.05, 3.63) is 0 Å². The molecule has 0 bridgehead atoms. The highest BCUT2D eigenvalue weighted by Gasteiger charge is 2.24. The van der Waals surface area contributed by atoms with Crippen LogP contribution in [0.25, 0.3) is 0 Å². The number of piperidine rings is 1. The molecule has 1 atom stereocenters. The molecule has 2 amide bonds. The molecule has 2 N–H and O–H groups in total. The lowest BCUT2D eigenvalue weighted by molar-refractivity contribution is -0.127. The Morgan fingerprint density at radius 1 is 1.20 bits per heavy atom. The average molecular weight is 540 g/mol. The summed E-state index contributed by atoms with van der Waals surface area (Å²) in [6.45, 7) is 8.93. The van der Waals surface area contributed by atoms with Gasteiger partial charge in [0.15, 0.2) is 5.96 Å². The Bertz CT molecular complexity index is 523. The number of carbonyl (C=O) groups is 2. The summed E-state index contributed by atoms with van der Waals surface area (Å²) in [5.74, 6) is 1.25. The Balaban J connectivity index is 0.00000841. The zero-order valence-electron chi connectivity index (χ0n) is 19.4. The van der Waals surface area contributed by atoms with Crippen molar-refractivity contribution in [2.24, 2.45) is 10.9 Å². The van der Waals surface area contributed by atoms with E-state index in [-0.39, 0.29) is 48.6 Å². The van der Waals surface area contributed by atoms with Gasteiger partial charge in [-0.2, -0.15) is 0 Å². The third-order valence-corrected chi connectivity index (χ3v) is 5.33. The van der Waals surface area contributed by atoms with Crippen LogP contribution in [0.5, 0.6) is 0 Å². The molecule has 0 spiro atoms. The number of guanidine groups is 1. The first-order valence-electron chi connectivity index (χ1n) is 11.1. The van der Waals surface area contributed by atoms with E-state index in [0.29, 0.717) is 31.6 Å². The quantitative estimate of drug-likeness (QED) is 0.253. The van der Waals surface area contributed by atoms with Crippen LogP contribution < -0.4 is 10.6 Å². The molecule has 1 aliphatic heterocycles. The average Bonchev–Trinajstić information content (AvgIpc) is 2.72. The second-order valence-corrected chi connectivity index (χ2v) is 7.85. The normalized spacial score (nSPS) is 15.8. The second kappa shape index (κ2) is 16.4. The highest BCUT2D eigenvalue weighted by molar-refractivity contribution is 14.0. The largest absolute Gasteiger partial charge is 0.450 e. The standard InChI is InChI=1S/C21H41N5O3.HI/c1-6-9-10-17(7-2)15-22-20(23-16-19(27)25(4)5)24-18-11-13-26(14-12-18)21(28)29-8-3;/h17-18H,6-16H2,1-5H3,(H2,22,23,24);1H. The molecule has 0 aromatic heterocycles. The molecule has 1 heterocycles.